The van der Waals surface area contributed by atoms with Crippen LogP contribution < -0.4 is 5.32 Å². The number of hydrogen-bond donors (Lipinski definition) is 1. The molecule has 5 nitrogen and oxygen atoms in total. The van der Waals surface area contributed by atoms with Crippen molar-refractivity contribution < 1.29 is 8.42 Å². The molecule has 1 aromatic carbocycles. The Morgan fingerprint density at radius 2 is 1.76 bits per heavy atom. The van der Waals surface area contributed by atoms with Gasteiger partial charge in [0.05, 0.1) is 4.90 Å². The summed E-state index contributed by atoms with van der Waals surface area (Å²) in [7, 11) is -3.31. The zero-order valence-corrected chi connectivity index (χ0v) is 13.3. The van der Waals surface area contributed by atoms with Crippen molar-refractivity contribution in [3.63, 3.8) is 0 Å². The van der Waals surface area contributed by atoms with Gasteiger partial charge in [-0.05, 0) is 24.1 Å². The van der Waals surface area contributed by atoms with Crippen molar-refractivity contribution in [2.24, 2.45) is 0 Å². The molecule has 0 unspecified atom stereocenters. The van der Waals surface area contributed by atoms with E-state index < -0.39 is 10.0 Å². The highest BCUT2D eigenvalue weighted by Gasteiger charge is 2.39. The van der Waals surface area contributed by atoms with Gasteiger partial charge in [-0.25, -0.2) is 8.42 Å². The normalized spacial score (nSPS) is 22.1. The van der Waals surface area contributed by atoms with Crippen molar-refractivity contribution in [3.8, 4) is 0 Å². The summed E-state index contributed by atoms with van der Waals surface area (Å²) in [6.07, 6.45) is 0.926. The van der Waals surface area contributed by atoms with Crippen LogP contribution in [0.1, 0.15) is 12.5 Å². The summed E-state index contributed by atoms with van der Waals surface area (Å²) >= 11 is 0. The molecule has 3 rings (SSSR count). The van der Waals surface area contributed by atoms with Crippen LogP contribution in [-0.4, -0.2) is 62.9 Å². The van der Waals surface area contributed by atoms with Crippen LogP contribution in [0.4, 0.5) is 0 Å². The van der Waals surface area contributed by atoms with Crippen molar-refractivity contribution in [1.82, 2.24) is 14.5 Å². The lowest BCUT2D eigenvalue weighted by molar-refractivity contribution is 0.0773. The lowest BCUT2D eigenvalue weighted by Gasteiger charge is -2.45. The van der Waals surface area contributed by atoms with E-state index >= 15 is 0 Å². The average Bonchev–Trinajstić information content (AvgIpc) is 2.46. The minimum Gasteiger partial charge on any atom is -0.314 e. The van der Waals surface area contributed by atoms with Crippen LogP contribution in [-0.2, 0) is 16.4 Å². The number of nitrogens with zero attached hydrogens (tertiary/aromatic N) is 2. The van der Waals surface area contributed by atoms with E-state index in [9.17, 15) is 8.42 Å². The van der Waals surface area contributed by atoms with E-state index in [2.05, 4.69) is 17.1 Å². The van der Waals surface area contributed by atoms with Crippen molar-refractivity contribution in [2.45, 2.75) is 24.3 Å². The standard InChI is InChI=1S/C15H23N3O2S/c1-2-13-3-5-15(6-4-13)21(19,20)18-11-14(12-18)17-9-7-16-8-10-17/h3-6,14,16H,2,7-12H2,1H3. The highest BCUT2D eigenvalue weighted by atomic mass is 32.2. The Morgan fingerprint density at radius 1 is 1.14 bits per heavy atom. The van der Waals surface area contributed by atoms with Crippen LogP contribution in [0, 0.1) is 0 Å². The monoisotopic (exact) mass is 309 g/mol. The van der Waals surface area contributed by atoms with Crippen molar-refractivity contribution in [1.29, 1.82) is 0 Å². The fraction of sp³-hybridized carbons (Fsp3) is 0.600. The van der Waals surface area contributed by atoms with E-state index in [-0.39, 0.29) is 0 Å². The third kappa shape index (κ3) is 2.99. The Bertz CT molecular complexity index is 573. The number of piperazine rings is 1. The number of rotatable bonds is 4. The van der Waals surface area contributed by atoms with Gasteiger partial charge >= 0.3 is 0 Å². The van der Waals surface area contributed by atoms with E-state index in [1.807, 2.05) is 12.1 Å². The Labute approximate surface area is 127 Å². The van der Waals surface area contributed by atoms with Crippen LogP contribution in [0.2, 0.25) is 0 Å². The molecule has 2 aliphatic heterocycles. The quantitative estimate of drug-likeness (QED) is 0.881. The molecule has 6 heteroatoms. The first kappa shape index (κ1) is 15.0. The molecule has 0 saturated carbocycles. The highest BCUT2D eigenvalue weighted by molar-refractivity contribution is 7.89. The molecule has 0 bridgehead atoms. The van der Waals surface area contributed by atoms with Gasteiger partial charge in [0.15, 0.2) is 0 Å². The van der Waals surface area contributed by atoms with Gasteiger partial charge in [-0.1, -0.05) is 19.1 Å². The molecular formula is C15H23N3O2S. The maximum Gasteiger partial charge on any atom is 0.243 e. The molecule has 0 spiro atoms. The number of aryl methyl sites for hydroxylation is 1. The molecule has 21 heavy (non-hydrogen) atoms. The van der Waals surface area contributed by atoms with Gasteiger partial charge in [0.2, 0.25) is 10.0 Å². The molecule has 0 radical (unpaired) electrons. The van der Waals surface area contributed by atoms with Crippen LogP contribution in [0.15, 0.2) is 29.2 Å². The topological polar surface area (TPSA) is 52.7 Å². The van der Waals surface area contributed by atoms with E-state index in [0.717, 1.165) is 38.2 Å². The molecule has 2 aliphatic rings. The van der Waals surface area contributed by atoms with Crippen LogP contribution in [0.3, 0.4) is 0 Å². The number of nitrogens with one attached hydrogen (secondary N) is 1. The SMILES string of the molecule is CCc1ccc(S(=O)(=O)N2CC(N3CCNCC3)C2)cc1. The molecule has 0 amide bonds. The van der Waals surface area contributed by atoms with Crippen LogP contribution in [0.25, 0.3) is 0 Å². The number of benzene rings is 1. The molecular weight excluding hydrogens is 286 g/mol. The predicted octanol–water partition coefficient (Wildman–Crippen LogP) is 0.527. The number of sulfonamides is 1. The minimum absolute atomic E-state index is 0.386. The second-order valence-electron chi connectivity index (χ2n) is 5.76. The number of hydrogen-bond acceptors (Lipinski definition) is 4. The maximum absolute atomic E-state index is 12.5. The Hall–Kier alpha value is -0.950. The van der Waals surface area contributed by atoms with Gasteiger partial charge in [0.1, 0.15) is 0 Å². The molecule has 0 aromatic heterocycles. The predicted molar refractivity (Wildman–Crippen MR) is 82.8 cm³/mol. The molecule has 116 valence electrons. The van der Waals surface area contributed by atoms with Crippen molar-refractivity contribution in [3.05, 3.63) is 29.8 Å². The molecule has 2 heterocycles. The first-order valence-electron chi connectivity index (χ1n) is 7.65. The van der Waals surface area contributed by atoms with Crippen LogP contribution >= 0.6 is 0 Å². The summed E-state index contributed by atoms with van der Waals surface area (Å²) in [4.78, 5) is 2.81. The Kier molecular flexibility index (Phi) is 4.31. The largest absolute Gasteiger partial charge is 0.314 e. The van der Waals surface area contributed by atoms with Gasteiger partial charge in [0.25, 0.3) is 0 Å². The van der Waals surface area contributed by atoms with Gasteiger partial charge in [-0.2, -0.15) is 4.31 Å². The van der Waals surface area contributed by atoms with Gasteiger partial charge in [-0.3, -0.25) is 4.90 Å². The third-order valence-corrected chi connectivity index (χ3v) is 6.31. The smallest absolute Gasteiger partial charge is 0.243 e. The summed E-state index contributed by atoms with van der Waals surface area (Å²) in [5, 5.41) is 3.32. The average molecular weight is 309 g/mol. The molecule has 2 fully saturated rings. The summed E-state index contributed by atoms with van der Waals surface area (Å²) < 4.78 is 26.7. The molecule has 0 atom stereocenters. The van der Waals surface area contributed by atoms with Gasteiger partial charge in [0, 0.05) is 45.3 Å². The summed E-state index contributed by atoms with van der Waals surface area (Å²) in [6.45, 7) is 7.35. The zero-order valence-electron chi connectivity index (χ0n) is 12.5. The van der Waals surface area contributed by atoms with E-state index in [4.69, 9.17) is 0 Å². The summed E-state index contributed by atoms with van der Waals surface area (Å²) in [5.41, 5.74) is 1.16. The third-order valence-electron chi connectivity index (χ3n) is 4.47. The zero-order chi connectivity index (χ0) is 14.9. The fourth-order valence-electron chi connectivity index (χ4n) is 2.94. The molecule has 0 aliphatic carbocycles. The minimum atomic E-state index is -3.31. The lowest BCUT2D eigenvalue weighted by Crippen LogP contribution is -2.63. The Balaban J connectivity index is 1.64. The van der Waals surface area contributed by atoms with Gasteiger partial charge < -0.3 is 5.32 Å². The maximum atomic E-state index is 12.5. The van der Waals surface area contributed by atoms with Crippen LogP contribution in [0.5, 0.6) is 0 Å². The van der Waals surface area contributed by atoms with E-state index in [0.29, 0.717) is 24.0 Å². The molecule has 1 aromatic rings. The van der Waals surface area contributed by atoms with E-state index in [1.165, 1.54) is 0 Å². The molecule has 2 saturated heterocycles. The lowest BCUT2D eigenvalue weighted by atomic mass is 10.1. The summed E-state index contributed by atoms with van der Waals surface area (Å²) in [5.74, 6) is 0. The first-order chi connectivity index (χ1) is 10.1. The Morgan fingerprint density at radius 3 is 2.33 bits per heavy atom. The van der Waals surface area contributed by atoms with Gasteiger partial charge in [-0.15, -0.1) is 0 Å². The summed E-state index contributed by atoms with van der Waals surface area (Å²) in [6, 6.07) is 7.65. The molecule has 1 N–H and O–H groups in total. The van der Waals surface area contributed by atoms with E-state index in [1.54, 1.807) is 16.4 Å². The van der Waals surface area contributed by atoms with Crippen molar-refractivity contribution in [2.75, 3.05) is 39.3 Å². The fourth-order valence-corrected chi connectivity index (χ4v) is 4.45. The second kappa shape index (κ2) is 6.04. The second-order valence-corrected chi connectivity index (χ2v) is 7.70. The van der Waals surface area contributed by atoms with Crippen molar-refractivity contribution >= 4 is 10.0 Å². The highest BCUT2D eigenvalue weighted by Crippen LogP contribution is 2.24. The first-order valence-corrected chi connectivity index (χ1v) is 9.09.